The summed E-state index contributed by atoms with van der Waals surface area (Å²) in [5.41, 5.74) is 0. The minimum atomic E-state index is -0.446. The topological polar surface area (TPSA) is 0 Å². The van der Waals surface area contributed by atoms with Crippen LogP contribution >= 0.6 is 7.92 Å². The van der Waals surface area contributed by atoms with Crippen molar-refractivity contribution in [3.8, 4) is 0 Å². The molecule has 0 aliphatic heterocycles. The molecule has 0 aliphatic rings. The van der Waals surface area contributed by atoms with Crippen LogP contribution in [0.5, 0.6) is 0 Å². The second-order valence-electron chi connectivity index (χ2n) is 5.42. The molecule has 0 bridgehead atoms. The van der Waals surface area contributed by atoms with Crippen molar-refractivity contribution in [3.63, 3.8) is 0 Å². The first kappa shape index (κ1) is 26.1. The van der Waals surface area contributed by atoms with Gasteiger partial charge in [-0.1, -0.05) is 91.0 Å². The maximum Gasteiger partial charge on any atom is 3.00 e. The van der Waals surface area contributed by atoms with Gasteiger partial charge in [0.1, 0.15) is 0 Å². The molecule has 4 aromatic rings. The standard InChI is InChI=1S/C18H15P.C6H5.2CH3.Au/c1-4-10-16(11-5-1)19(17-12-6-2-7-13-17)18-14-8-3-9-15-18;1-2-4-6-5-3-1;;;/h1-15H;1-5H;2*1H3;/q;3*-1;+3. The predicted octanol–water partition coefficient (Wildman–Crippen LogP) is 5.83. The molecule has 0 aromatic heterocycles. The summed E-state index contributed by atoms with van der Waals surface area (Å²) in [6.07, 6.45) is 0. The van der Waals surface area contributed by atoms with E-state index in [1.807, 2.05) is 30.3 Å². The number of hydrogen-bond acceptors (Lipinski definition) is 0. The Morgan fingerprint density at radius 2 is 0.714 bits per heavy atom. The van der Waals surface area contributed by atoms with Crippen molar-refractivity contribution in [2.24, 2.45) is 0 Å². The van der Waals surface area contributed by atoms with Crippen molar-refractivity contribution in [1.29, 1.82) is 0 Å². The molecule has 4 rings (SSSR count). The van der Waals surface area contributed by atoms with Gasteiger partial charge in [-0.05, 0) is 23.8 Å². The van der Waals surface area contributed by atoms with Crippen LogP contribution in [0.2, 0.25) is 0 Å². The van der Waals surface area contributed by atoms with E-state index in [-0.39, 0.29) is 37.2 Å². The third kappa shape index (κ3) is 7.97. The second kappa shape index (κ2) is 15.0. The Morgan fingerprint density at radius 1 is 0.429 bits per heavy atom. The number of rotatable bonds is 3. The SMILES string of the molecule is [Au+3].[CH3-].[CH3-].[c-]1ccccc1.c1ccc(P(c2ccccc2)c2ccccc2)cc1. The molecule has 0 saturated carbocycles. The van der Waals surface area contributed by atoms with Gasteiger partial charge in [-0.25, -0.2) is 0 Å². The van der Waals surface area contributed by atoms with Gasteiger partial charge in [-0.2, -0.15) is 36.4 Å². The zero-order valence-electron chi connectivity index (χ0n) is 16.3. The summed E-state index contributed by atoms with van der Waals surface area (Å²) in [6.45, 7) is 0. The van der Waals surface area contributed by atoms with Crippen LogP contribution in [-0.2, 0) is 22.4 Å². The van der Waals surface area contributed by atoms with Crippen LogP contribution in [0.3, 0.4) is 0 Å². The minimum Gasteiger partial charge on any atom is -0.358 e. The van der Waals surface area contributed by atoms with Crippen LogP contribution in [0.15, 0.2) is 121 Å². The molecule has 0 N–H and O–H groups in total. The average Bonchev–Trinajstić information content (AvgIpc) is 2.72. The van der Waals surface area contributed by atoms with Gasteiger partial charge in [0.25, 0.3) is 0 Å². The zero-order valence-corrected chi connectivity index (χ0v) is 19.4. The molecule has 0 unspecified atom stereocenters. The molecular formula is C26H26AuP. The molecule has 146 valence electrons. The fraction of sp³-hybridized carbons (Fsp3) is 0. The van der Waals surface area contributed by atoms with Crippen molar-refractivity contribution in [2.75, 3.05) is 0 Å². The molecular weight excluding hydrogens is 540 g/mol. The van der Waals surface area contributed by atoms with E-state index in [1.165, 1.54) is 15.9 Å². The Bertz CT molecular complexity index is 714. The van der Waals surface area contributed by atoms with Crippen molar-refractivity contribution in [2.45, 2.75) is 0 Å². The van der Waals surface area contributed by atoms with Gasteiger partial charge >= 0.3 is 22.4 Å². The first-order chi connectivity index (χ1) is 12.4. The van der Waals surface area contributed by atoms with Crippen LogP contribution in [0.1, 0.15) is 0 Å². The smallest absolute Gasteiger partial charge is 0.358 e. The van der Waals surface area contributed by atoms with E-state index in [0.717, 1.165) is 0 Å². The van der Waals surface area contributed by atoms with Crippen LogP contribution in [0, 0.1) is 20.9 Å². The second-order valence-corrected chi connectivity index (χ2v) is 7.64. The Balaban J connectivity index is 0.000000704. The molecule has 0 amide bonds. The molecule has 0 spiro atoms. The van der Waals surface area contributed by atoms with E-state index in [9.17, 15) is 0 Å². The molecule has 0 atom stereocenters. The normalized spacial score (nSPS) is 8.89. The molecule has 0 nitrogen and oxygen atoms in total. The fourth-order valence-corrected chi connectivity index (χ4v) is 4.83. The van der Waals surface area contributed by atoms with E-state index in [4.69, 9.17) is 0 Å². The van der Waals surface area contributed by atoms with Crippen molar-refractivity contribution >= 4 is 23.8 Å². The van der Waals surface area contributed by atoms with Crippen molar-refractivity contribution in [1.82, 2.24) is 0 Å². The molecule has 4 aromatic carbocycles. The fourth-order valence-electron chi connectivity index (χ4n) is 2.52. The molecule has 0 aliphatic carbocycles. The molecule has 0 heterocycles. The van der Waals surface area contributed by atoms with Gasteiger partial charge in [0.15, 0.2) is 0 Å². The Labute approximate surface area is 187 Å². The van der Waals surface area contributed by atoms with Gasteiger partial charge in [0, 0.05) is 0 Å². The Kier molecular flexibility index (Phi) is 14.0. The van der Waals surface area contributed by atoms with Gasteiger partial charge in [0.2, 0.25) is 0 Å². The first-order valence-electron chi connectivity index (χ1n) is 8.31. The zero-order chi connectivity index (χ0) is 17.2. The summed E-state index contributed by atoms with van der Waals surface area (Å²) in [5, 5.41) is 4.19. The van der Waals surface area contributed by atoms with Crippen molar-refractivity contribution in [3.05, 3.63) is 142 Å². The van der Waals surface area contributed by atoms with Crippen LogP contribution in [-0.4, -0.2) is 0 Å². The molecule has 0 radical (unpaired) electrons. The van der Waals surface area contributed by atoms with Gasteiger partial charge in [-0.3, -0.25) is 0 Å². The monoisotopic (exact) mass is 566 g/mol. The number of hydrogen-bond donors (Lipinski definition) is 0. The van der Waals surface area contributed by atoms with Crippen molar-refractivity contribution < 1.29 is 22.4 Å². The van der Waals surface area contributed by atoms with E-state index >= 15 is 0 Å². The Hall–Kier alpha value is -1.95. The summed E-state index contributed by atoms with van der Waals surface area (Å²) in [7, 11) is -0.446. The third-order valence-electron chi connectivity index (χ3n) is 3.65. The third-order valence-corrected chi connectivity index (χ3v) is 6.09. The summed E-state index contributed by atoms with van der Waals surface area (Å²) >= 11 is 0. The molecule has 28 heavy (non-hydrogen) atoms. The number of benzene rings is 4. The van der Waals surface area contributed by atoms with Crippen LogP contribution < -0.4 is 15.9 Å². The van der Waals surface area contributed by atoms with E-state index in [1.54, 1.807) is 0 Å². The molecule has 0 saturated heterocycles. The van der Waals surface area contributed by atoms with Crippen LogP contribution in [0.4, 0.5) is 0 Å². The average molecular weight is 566 g/mol. The molecule has 2 heteroatoms. The molecule has 0 fully saturated rings. The summed E-state index contributed by atoms with van der Waals surface area (Å²) in [6, 6.07) is 44.8. The Morgan fingerprint density at radius 3 is 0.929 bits per heavy atom. The minimum absolute atomic E-state index is 0. The van der Waals surface area contributed by atoms with Crippen LogP contribution in [0.25, 0.3) is 0 Å². The van der Waals surface area contributed by atoms with Gasteiger partial charge in [-0.15, -0.1) is 0 Å². The van der Waals surface area contributed by atoms with E-state index in [0.29, 0.717) is 0 Å². The summed E-state index contributed by atoms with van der Waals surface area (Å²) < 4.78 is 0. The van der Waals surface area contributed by atoms with Gasteiger partial charge < -0.3 is 14.9 Å². The van der Waals surface area contributed by atoms with E-state index < -0.39 is 7.92 Å². The maximum atomic E-state index is 2.89. The largest absolute Gasteiger partial charge is 3.00 e. The predicted molar refractivity (Wildman–Crippen MR) is 123 cm³/mol. The van der Waals surface area contributed by atoms with E-state index in [2.05, 4.69) is 97.1 Å². The van der Waals surface area contributed by atoms with Gasteiger partial charge in [0.05, 0.1) is 0 Å². The quantitative estimate of drug-likeness (QED) is 0.166. The summed E-state index contributed by atoms with van der Waals surface area (Å²) in [5.74, 6) is 0. The summed E-state index contributed by atoms with van der Waals surface area (Å²) in [4.78, 5) is 0. The first-order valence-corrected chi connectivity index (χ1v) is 9.66. The maximum absolute atomic E-state index is 2.89.